The van der Waals surface area contributed by atoms with Crippen molar-refractivity contribution in [2.45, 2.75) is 84.6 Å². The minimum absolute atomic E-state index is 0.782. The van der Waals surface area contributed by atoms with E-state index in [9.17, 15) is 0 Å². The standard InChI is InChI=1S/C16H33N/c1-4-9-16(17-6-3)13-12-15-11-8-7-10-14(15)5-2/h14-17H,4-13H2,1-3H3. The average molecular weight is 239 g/mol. The Kier molecular flexibility index (Phi) is 7.92. The summed E-state index contributed by atoms with van der Waals surface area (Å²) in [5, 5.41) is 3.66. The van der Waals surface area contributed by atoms with E-state index in [1.54, 1.807) is 0 Å². The number of hydrogen-bond donors (Lipinski definition) is 1. The number of rotatable bonds is 8. The molecule has 1 N–H and O–H groups in total. The Morgan fingerprint density at radius 3 is 2.29 bits per heavy atom. The van der Waals surface area contributed by atoms with Gasteiger partial charge in [-0.15, -0.1) is 0 Å². The highest BCUT2D eigenvalue weighted by molar-refractivity contribution is 4.77. The van der Waals surface area contributed by atoms with Gasteiger partial charge >= 0.3 is 0 Å². The second kappa shape index (κ2) is 8.97. The fourth-order valence-corrected chi connectivity index (χ4v) is 3.60. The van der Waals surface area contributed by atoms with Gasteiger partial charge < -0.3 is 5.32 Å². The third-order valence-corrected chi connectivity index (χ3v) is 4.61. The normalized spacial score (nSPS) is 27.0. The van der Waals surface area contributed by atoms with Crippen LogP contribution in [0.1, 0.15) is 78.6 Å². The Morgan fingerprint density at radius 2 is 1.71 bits per heavy atom. The second-order valence-electron chi connectivity index (χ2n) is 5.83. The highest BCUT2D eigenvalue weighted by Gasteiger charge is 2.23. The Hall–Kier alpha value is -0.0400. The molecule has 102 valence electrons. The van der Waals surface area contributed by atoms with Gasteiger partial charge in [0.1, 0.15) is 0 Å². The number of nitrogens with one attached hydrogen (secondary N) is 1. The fraction of sp³-hybridized carbons (Fsp3) is 1.00. The monoisotopic (exact) mass is 239 g/mol. The first-order chi connectivity index (χ1) is 8.31. The van der Waals surface area contributed by atoms with Crippen molar-refractivity contribution in [2.75, 3.05) is 6.54 Å². The first kappa shape index (κ1) is 15.0. The van der Waals surface area contributed by atoms with E-state index in [0.29, 0.717) is 0 Å². The summed E-state index contributed by atoms with van der Waals surface area (Å²) in [5.74, 6) is 2.07. The zero-order valence-electron chi connectivity index (χ0n) is 12.3. The van der Waals surface area contributed by atoms with Gasteiger partial charge in [-0.3, -0.25) is 0 Å². The van der Waals surface area contributed by atoms with Crippen LogP contribution in [0, 0.1) is 11.8 Å². The Labute approximate surface area is 109 Å². The molecule has 1 fully saturated rings. The summed E-state index contributed by atoms with van der Waals surface area (Å²) in [4.78, 5) is 0. The maximum atomic E-state index is 3.66. The molecular formula is C16H33N. The van der Waals surface area contributed by atoms with E-state index in [1.807, 2.05) is 0 Å². The van der Waals surface area contributed by atoms with Crippen LogP contribution in [0.2, 0.25) is 0 Å². The molecule has 1 aliphatic rings. The summed E-state index contributed by atoms with van der Waals surface area (Å²) in [6, 6.07) is 0.782. The van der Waals surface area contributed by atoms with Gasteiger partial charge in [0.05, 0.1) is 0 Å². The highest BCUT2D eigenvalue weighted by Crippen LogP contribution is 2.35. The Balaban J connectivity index is 2.30. The van der Waals surface area contributed by atoms with Crippen LogP contribution in [0.15, 0.2) is 0 Å². The lowest BCUT2D eigenvalue weighted by Crippen LogP contribution is -2.30. The zero-order valence-corrected chi connectivity index (χ0v) is 12.3. The lowest BCUT2D eigenvalue weighted by atomic mass is 9.75. The fourth-order valence-electron chi connectivity index (χ4n) is 3.60. The third kappa shape index (κ3) is 5.42. The largest absolute Gasteiger partial charge is 0.314 e. The van der Waals surface area contributed by atoms with Crippen LogP contribution in [0.4, 0.5) is 0 Å². The van der Waals surface area contributed by atoms with Crippen LogP contribution in [0.3, 0.4) is 0 Å². The first-order valence-electron chi connectivity index (χ1n) is 8.05. The molecule has 0 bridgehead atoms. The van der Waals surface area contributed by atoms with Crippen molar-refractivity contribution in [1.29, 1.82) is 0 Å². The Bertz CT molecular complexity index is 172. The molecule has 0 spiro atoms. The molecule has 0 saturated heterocycles. The van der Waals surface area contributed by atoms with Crippen molar-refractivity contribution in [3.05, 3.63) is 0 Å². The third-order valence-electron chi connectivity index (χ3n) is 4.61. The van der Waals surface area contributed by atoms with E-state index in [-0.39, 0.29) is 0 Å². The van der Waals surface area contributed by atoms with E-state index in [4.69, 9.17) is 0 Å². The van der Waals surface area contributed by atoms with Crippen LogP contribution in [0.5, 0.6) is 0 Å². The van der Waals surface area contributed by atoms with Gasteiger partial charge in [-0.25, -0.2) is 0 Å². The van der Waals surface area contributed by atoms with Gasteiger partial charge in [0.2, 0.25) is 0 Å². The molecule has 0 aromatic heterocycles. The van der Waals surface area contributed by atoms with Crippen molar-refractivity contribution in [3.8, 4) is 0 Å². The summed E-state index contributed by atoms with van der Waals surface area (Å²) >= 11 is 0. The summed E-state index contributed by atoms with van der Waals surface area (Å²) in [7, 11) is 0. The van der Waals surface area contributed by atoms with Crippen molar-refractivity contribution in [1.82, 2.24) is 5.32 Å². The van der Waals surface area contributed by atoms with E-state index in [0.717, 1.165) is 24.4 Å². The summed E-state index contributed by atoms with van der Waals surface area (Å²) in [5.41, 5.74) is 0. The molecule has 0 heterocycles. The average Bonchev–Trinajstić information content (AvgIpc) is 2.37. The maximum absolute atomic E-state index is 3.66. The molecule has 0 amide bonds. The first-order valence-corrected chi connectivity index (χ1v) is 8.05. The molecule has 1 rings (SSSR count). The van der Waals surface area contributed by atoms with Crippen LogP contribution in [0.25, 0.3) is 0 Å². The number of hydrogen-bond acceptors (Lipinski definition) is 1. The van der Waals surface area contributed by atoms with Crippen molar-refractivity contribution in [2.24, 2.45) is 11.8 Å². The molecular weight excluding hydrogens is 206 g/mol. The molecule has 0 aromatic carbocycles. The molecule has 1 saturated carbocycles. The molecule has 3 atom stereocenters. The van der Waals surface area contributed by atoms with E-state index >= 15 is 0 Å². The lowest BCUT2D eigenvalue weighted by molar-refractivity contribution is 0.206. The summed E-state index contributed by atoms with van der Waals surface area (Å²) in [6.45, 7) is 8.06. The van der Waals surface area contributed by atoms with Crippen LogP contribution < -0.4 is 5.32 Å². The molecule has 1 aliphatic carbocycles. The van der Waals surface area contributed by atoms with Gasteiger partial charge in [0, 0.05) is 6.04 Å². The van der Waals surface area contributed by atoms with Crippen LogP contribution >= 0.6 is 0 Å². The van der Waals surface area contributed by atoms with E-state index in [1.165, 1.54) is 57.8 Å². The zero-order chi connectivity index (χ0) is 12.5. The Morgan fingerprint density at radius 1 is 1.00 bits per heavy atom. The topological polar surface area (TPSA) is 12.0 Å². The quantitative estimate of drug-likeness (QED) is 0.644. The smallest absolute Gasteiger partial charge is 0.00669 e. The lowest BCUT2D eigenvalue weighted by Gasteiger charge is -2.32. The molecule has 3 unspecified atom stereocenters. The van der Waals surface area contributed by atoms with Gasteiger partial charge in [0.25, 0.3) is 0 Å². The summed E-state index contributed by atoms with van der Waals surface area (Å²) in [6.07, 6.45) is 12.9. The summed E-state index contributed by atoms with van der Waals surface area (Å²) < 4.78 is 0. The van der Waals surface area contributed by atoms with E-state index in [2.05, 4.69) is 26.1 Å². The van der Waals surface area contributed by atoms with Gasteiger partial charge in [-0.2, -0.15) is 0 Å². The van der Waals surface area contributed by atoms with Crippen molar-refractivity contribution < 1.29 is 0 Å². The second-order valence-corrected chi connectivity index (χ2v) is 5.83. The van der Waals surface area contributed by atoms with Gasteiger partial charge in [-0.1, -0.05) is 59.3 Å². The van der Waals surface area contributed by atoms with Crippen LogP contribution in [-0.4, -0.2) is 12.6 Å². The van der Waals surface area contributed by atoms with E-state index < -0.39 is 0 Å². The molecule has 17 heavy (non-hydrogen) atoms. The SMILES string of the molecule is CCCC(CCC1CCCCC1CC)NCC. The molecule has 0 radical (unpaired) electrons. The minimum Gasteiger partial charge on any atom is -0.314 e. The predicted octanol–water partition coefficient (Wildman–Crippen LogP) is 4.76. The molecule has 1 heteroatoms. The molecule has 0 aromatic rings. The van der Waals surface area contributed by atoms with Gasteiger partial charge in [0.15, 0.2) is 0 Å². The van der Waals surface area contributed by atoms with Gasteiger partial charge in [-0.05, 0) is 37.6 Å². The van der Waals surface area contributed by atoms with Crippen molar-refractivity contribution >= 4 is 0 Å². The predicted molar refractivity (Wildman–Crippen MR) is 77.3 cm³/mol. The highest BCUT2D eigenvalue weighted by atomic mass is 14.9. The molecule has 1 nitrogen and oxygen atoms in total. The van der Waals surface area contributed by atoms with Crippen LogP contribution in [-0.2, 0) is 0 Å². The molecule has 0 aliphatic heterocycles. The minimum atomic E-state index is 0.782. The van der Waals surface area contributed by atoms with Crippen molar-refractivity contribution in [3.63, 3.8) is 0 Å². The maximum Gasteiger partial charge on any atom is 0.00669 e.